The summed E-state index contributed by atoms with van der Waals surface area (Å²) < 4.78 is 13.3. The second-order valence-electron chi connectivity index (χ2n) is 5.24. The third-order valence-corrected chi connectivity index (χ3v) is 3.72. The Labute approximate surface area is 149 Å². The van der Waals surface area contributed by atoms with Crippen LogP contribution in [0.5, 0.6) is 0 Å². The molecule has 0 aliphatic carbocycles. The summed E-state index contributed by atoms with van der Waals surface area (Å²) in [4.78, 5) is 22.5. The summed E-state index contributed by atoms with van der Waals surface area (Å²) in [5.74, 6) is -0.439. The monoisotopic (exact) mass is 356 g/mol. The van der Waals surface area contributed by atoms with E-state index in [0.29, 0.717) is 23.6 Å². The average Bonchev–Trinajstić information content (AvgIpc) is 2.66. The van der Waals surface area contributed by atoms with Crippen LogP contribution >= 0.6 is 11.8 Å². The maximum absolute atomic E-state index is 13.3. The van der Waals surface area contributed by atoms with Crippen LogP contribution < -0.4 is 10.2 Å². The Morgan fingerprint density at radius 2 is 1.92 bits per heavy atom. The number of nitrogens with one attached hydrogen (secondary N) is 2. The number of hydrogen-bond acceptors (Lipinski definition) is 4. The summed E-state index contributed by atoms with van der Waals surface area (Å²) in [6.07, 6.45) is 3.33. The lowest BCUT2D eigenvalue weighted by Gasteiger charge is -2.12. The Morgan fingerprint density at radius 3 is 2.64 bits per heavy atom. The summed E-state index contributed by atoms with van der Waals surface area (Å²) in [5, 5.41) is 3.07. The highest BCUT2D eigenvalue weighted by atomic mass is 35.5. The molecule has 7 heteroatoms. The third kappa shape index (κ3) is 4.10. The van der Waals surface area contributed by atoms with E-state index in [0.717, 1.165) is 11.1 Å². The topological polar surface area (TPSA) is 66.9 Å². The number of rotatable bonds is 5. The van der Waals surface area contributed by atoms with Gasteiger partial charge < -0.3 is 5.32 Å². The minimum absolute atomic E-state index is 0.296. The van der Waals surface area contributed by atoms with Crippen molar-refractivity contribution in [2.75, 3.05) is 5.32 Å². The van der Waals surface area contributed by atoms with Crippen LogP contribution in [0.25, 0.3) is 11.3 Å². The zero-order valence-electron chi connectivity index (χ0n) is 13.0. The molecule has 3 rings (SSSR count). The van der Waals surface area contributed by atoms with Crippen molar-refractivity contribution in [3.63, 3.8) is 0 Å². The van der Waals surface area contributed by atoms with E-state index in [-0.39, 0.29) is 5.82 Å². The van der Waals surface area contributed by atoms with Gasteiger partial charge in [0, 0.05) is 36.3 Å². The molecule has 1 amide bonds. The Bertz CT molecular complexity index is 889. The van der Waals surface area contributed by atoms with Crippen LogP contribution in [0.15, 0.2) is 60.9 Å². The number of nitrogens with zero attached hydrogens (tertiary/aromatic N) is 2. The number of hydrogen-bond donors (Lipinski definition) is 2. The zero-order chi connectivity index (χ0) is 17.6. The molecule has 2 N–H and O–H groups in total. The van der Waals surface area contributed by atoms with Crippen molar-refractivity contribution in [1.82, 2.24) is 14.8 Å². The number of benzene rings is 1. The van der Waals surface area contributed by atoms with Crippen molar-refractivity contribution in [2.45, 2.75) is 6.54 Å². The predicted octanol–water partition coefficient (Wildman–Crippen LogP) is 3.78. The van der Waals surface area contributed by atoms with Crippen LogP contribution in [0.1, 0.15) is 15.9 Å². The summed E-state index contributed by atoms with van der Waals surface area (Å²) >= 11 is 5.44. The standard InChI is InChI=1S/C18H14ClFN4O/c19-24-18(25)15-4-5-16(13-6-8-21-9-7-13)23-17(15)22-11-12-2-1-3-14(20)10-12/h1-10H,11H2,(H,22,23)(H,24,25). The van der Waals surface area contributed by atoms with E-state index in [9.17, 15) is 9.18 Å². The number of amides is 1. The summed E-state index contributed by atoms with van der Waals surface area (Å²) in [6.45, 7) is 0.313. The molecular formula is C18H14ClFN4O. The molecular weight excluding hydrogens is 343 g/mol. The lowest BCUT2D eigenvalue weighted by atomic mass is 10.1. The van der Waals surface area contributed by atoms with Crippen LogP contribution in [0, 0.1) is 5.82 Å². The Hall–Kier alpha value is -2.99. The molecule has 0 fully saturated rings. The van der Waals surface area contributed by atoms with Gasteiger partial charge in [-0.05, 0) is 42.0 Å². The number of carbonyl (C=O) groups is 1. The Morgan fingerprint density at radius 1 is 1.12 bits per heavy atom. The van der Waals surface area contributed by atoms with Gasteiger partial charge in [0.15, 0.2) is 0 Å². The minimum atomic E-state index is -0.475. The molecule has 1 aromatic carbocycles. The first-order valence-corrected chi connectivity index (χ1v) is 7.86. The van der Waals surface area contributed by atoms with E-state index < -0.39 is 5.91 Å². The van der Waals surface area contributed by atoms with Gasteiger partial charge in [-0.1, -0.05) is 12.1 Å². The second-order valence-corrected chi connectivity index (χ2v) is 5.42. The van der Waals surface area contributed by atoms with E-state index in [2.05, 4.69) is 20.1 Å². The molecule has 25 heavy (non-hydrogen) atoms. The smallest absolute Gasteiger partial charge is 0.269 e. The van der Waals surface area contributed by atoms with Gasteiger partial charge >= 0.3 is 0 Å². The van der Waals surface area contributed by atoms with Crippen molar-refractivity contribution < 1.29 is 9.18 Å². The van der Waals surface area contributed by atoms with Crippen LogP contribution in [0.2, 0.25) is 0 Å². The highest BCUT2D eigenvalue weighted by Crippen LogP contribution is 2.22. The maximum atomic E-state index is 13.3. The average molecular weight is 357 g/mol. The fraction of sp³-hybridized carbons (Fsp3) is 0.0556. The van der Waals surface area contributed by atoms with Gasteiger partial charge in [-0.3, -0.25) is 14.6 Å². The van der Waals surface area contributed by atoms with Crippen molar-refractivity contribution in [3.8, 4) is 11.3 Å². The van der Waals surface area contributed by atoms with Crippen LogP contribution in [-0.2, 0) is 6.54 Å². The molecule has 0 atom stereocenters. The predicted molar refractivity (Wildman–Crippen MR) is 94.5 cm³/mol. The fourth-order valence-corrected chi connectivity index (χ4v) is 2.45. The molecule has 2 aromatic heterocycles. The lowest BCUT2D eigenvalue weighted by Crippen LogP contribution is -2.16. The Kier molecular flexibility index (Phi) is 5.20. The van der Waals surface area contributed by atoms with Crippen molar-refractivity contribution in [1.29, 1.82) is 0 Å². The van der Waals surface area contributed by atoms with Crippen molar-refractivity contribution in [2.24, 2.45) is 0 Å². The molecule has 0 unspecified atom stereocenters. The summed E-state index contributed by atoms with van der Waals surface area (Å²) in [6, 6.07) is 13.2. The molecule has 0 bridgehead atoms. The van der Waals surface area contributed by atoms with Gasteiger partial charge in [-0.15, -0.1) is 0 Å². The highest BCUT2D eigenvalue weighted by Gasteiger charge is 2.14. The van der Waals surface area contributed by atoms with Crippen LogP contribution in [0.3, 0.4) is 0 Å². The molecule has 0 aliphatic rings. The summed E-state index contributed by atoms with van der Waals surface area (Å²) in [7, 11) is 0. The van der Waals surface area contributed by atoms with E-state index in [1.807, 2.05) is 12.1 Å². The first kappa shape index (κ1) is 16.9. The van der Waals surface area contributed by atoms with E-state index in [4.69, 9.17) is 11.8 Å². The summed E-state index contributed by atoms with van der Waals surface area (Å²) in [5.41, 5.74) is 2.56. The van der Waals surface area contributed by atoms with Gasteiger partial charge in [0.2, 0.25) is 0 Å². The van der Waals surface area contributed by atoms with Gasteiger partial charge in [-0.25, -0.2) is 9.37 Å². The molecule has 126 valence electrons. The molecule has 3 aromatic rings. The van der Waals surface area contributed by atoms with E-state index in [1.165, 1.54) is 12.1 Å². The number of halogens is 2. The fourth-order valence-electron chi connectivity index (χ4n) is 2.34. The number of anilines is 1. The van der Waals surface area contributed by atoms with Crippen LogP contribution in [0.4, 0.5) is 10.2 Å². The maximum Gasteiger partial charge on any atom is 0.269 e. The normalized spacial score (nSPS) is 10.3. The van der Waals surface area contributed by atoms with E-state index in [1.54, 1.807) is 36.7 Å². The molecule has 0 saturated heterocycles. The molecule has 5 nitrogen and oxygen atoms in total. The van der Waals surface area contributed by atoms with Gasteiger partial charge in [0.25, 0.3) is 5.91 Å². The zero-order valence-corrected chi connectivity index (χ0v) is 13.8. The minimum Gasteiger partial charge on any atom is -0.365 e. The SMILES string of the molecule is O=C(NCl)c1ccc(-c2ccncc2)nc1NCc1cccc(F)c1. The van der Waals surface area contributed by atoms with Crippen molar-refractivity contribution in [3.05, 3.63) is 77.9 Å². The van der Waals surface area contributed by atoms with Crippen molar-refractivity contribution >= 4 is 23.5 Å². The number of carbonyl (C=O) groups excluding carboxylic acids is 1. The lowest BCUT2D eigenvalue weighted by molar-refractivity contribution is 0.0982. The first-order chi connectivity index (χ1) is 12.2. The molecule has 0 aliphatic heterocycles. The quantitative estimate of drug-likeness (QED) is 0.683. The Balaban J connectivity index is 1.92. The number of pyridine rings is 2. The second kappa shape index (κ2) is 7.72. The molecule has 2 heterocycles. The first-order valence-electron chi connectivity index (χ1n) is 7.48. The largest absolute Gasteiger partial charge is 0.365 e. The van der Waals surface area contributed by atoms with Gasteiger partial charge in [0.05, 0.1) is 11.3 Å². The highest BCUT2D eigenvalue weighted by molar-refractivity contribution is 6.24. The van der Waals surface area contributed by atoms with Gasteiger partial charge in [-0.2, -0.15) is 0 Å². The molecule has 0 radical (unpaired) electrons. The van der Waals surface area contributed by atoms with Gasteiger partial charge in [0.1, 0.15) is 11.6 Å². The molecule has 0 saturated carbocycles. The third-order valence-electron chi connectivity index (χ3n) is 3.55. The van der Waals surface area contributed by atoms with Crippen LogP contribution in [-0.4, -0.2) is 15.9 Å². The number of aromatic nitrogens is 2. The van der Waals surface area contributed by atoms with E-state index >= 15 is 0 Å². The molecule has 0 spiro atoms.